The van der Waals surface area contributed by atoms with Crippen LogP contribution in [0.5, 0.6) is 17.2 Å². The van der Waals surface area contributed by atoms with Crippen LogP contribution in [0.3, 0.4) is 0 Å². The number of rotatable bonds is 8. The molecule has 0 saturated carbocycles. The van der Waals surface area contributed by atoms with Crippen molar-refractivity contribution in [1.82, 2.24) is 0 Å². The van der Waals surface area contributed by atoms with E-state index in [1.165, 1.54) is 18.2 Å². The van der Waals surface area contributed by atoms with Crippen LogP contribution in [0.4, 0.5) is 26.3 Å². The molecule has 0 fully saturated rings. The van der Waals surface area contributed by atoms with E-state index in [4.69, 9.17) is 14.6 Å². The molecule has 0 aliphatic rings. The summed E-state index contributed by atoms with van der Waals surface area (Å²) in [4.78, 5) is 11.0. The molecule has 0 aliphatic heterocycles. The summed E-state index contributed by atoms with van der Waals surface area (Å²) in [5, 5.41) is 8.92. The van der Waals surface area contributed by atoms with Crippen LogP contribution in [-0.2, 0) is 23.6 Å². The van der Waals surface area contributed by atoms with E-state index < -0.39 is 41.4 Å². The molecule has 3 aromatic rings. The average Bonchev–Trinajstić information content (AvgIpc) is 2.76. The third kappa shape index (κ3) is 7.53. The minimum Gasteiger partial charge on any atom is -0.489 e. The van der Waals surface area contributed by atoms with E-state index in [9.17, 15) is 31.1 Å². The van der Waals surface area contributed by atoms with Gasteiger partial charge in [0.2, 0.25) is 0 Å². The number of carboxylic acid groups (broad SMARTS) is 1. The zero-order chi connectivity index (χ0) is 25.6. The largest absolute Gasteiger partial charge is 0.489 e. The molecule has 0 amide bonds. The Morgan fingerprint density at radius 3 is 2.11 bits per heavy atom. The van der Waals surface area contributed by atoms with Crippen molar-refractivity contribution < 1.29 is 45.7 Å². The molecule has 35 heavy (non-hydrogen) atoms. The fourth-order valence-corrected chi connectivity index (χ4v) is 3.09. The maximum absolute atomic E-state index is 13.1. The summed E-state index contributed by atoms with van der Waals surface area (Å²) >= 11 is 0. The second-order valence-corrected chi connectivity index (χ2v) is 7.30. The van der Waals surface area contributed by atoms with Crippen LogP contribution >= 0.6 is 0 Å². The first-order valence-corrected chi connectivity index (χ1v) is 10.1. The molecule has 1 N–H and O–H groups in total. The predicted molar refractivity (Wildman–Crippen MR) is 115 cm³/mol. The quantitative estimate of drug-likeness (QED) is 0.334. The lowest BCUT2D eigenvalue weighted by atomic mass is 10.0. The molecule has 10 heteroatoms. The standard InChI is InChI=1S/C25H18F6O4/c26-24(27,28)18-8-6-16(7-9-18)3-2-12-34-19-4-1-5-20(15-19)35-21-10-11-22(25(29,30)31)17(13-21)14-23(32)33/h1-11,13,15H,12,14H2,(H,32,33)/b3-2+. The normalized spacial score (nSPS) is 12.1. The summed E-state index contributed by atoms with van der Waals surface area (Å²) in [5.41, 5.74) is -1.67. The van der Waals surface area contributed by atoms with Gasteiger partial charge in [-0.2, -0.15) is 26.3 Å². The highest BCUT2D eigenvalue weighted by atomic mass is 19.4. The van der Waals surface area contributed by atoms with Crippen LogP contribution in [0, 0.1) is 0 Å². The Labute approximate surface area is 196 Å². The van der Waals surface area contributed by atoms with Gasteiger partial charge in [0.1, 0.15) is 23.9 Å². The molecule has 4 nitrogen and oxygen atoms in total. The van der Waals surface area contributed by atoms with Crippen molar-refractivity contribution in [2.24, 2.45) is 0 Å². The molecule has 0 heterocycles. The van der Waals surface area contributed by atoms with Gasteiger partial charge in [0.05, 0.1) is 17.5 Å². The summed E-state index contributed by atoms with van der Waals surface area (Å²) in [6.07, 6.45) is -6.74. The summed E-state index contributed by atoms with van der Waals surface area (Å²) in [5.74, 6) is -0.770. The van der Waals surface area contributed by atoms with Crippen molar-refractivity contribution in [3.63, 3.8) is 0 Å². The van der Waals surface area contributed by atoms with Crippen molar-refractivity contribution in [1.29, 1.82) is 0 Å². The molecule has 3 rings (SSSR count). The van der Waals surface area contributed by atoms with Gasteiger partial charge in [-0.25, -0.2) is 0 Å². The molecule has 0 bridgehead atoms. The Balaban J connectivity index is 1.64. The van der Waals surface area contributed by atoms with E-state index in [1.807, 2.05) is 0 Å². The van der Waals surface area contributed by atoms with Gasteiger partial charge < -0.3 is 14.6 Å². The molecule has 0 atom stereocenters. The number of carbonyl (C=O) groups is 1. The number of carboxylic acids is 1. The molecule has 0 aliphatic carbocycles. The average molecular weight is 496 g/mol. The second kappa shape index (κ2) is 10.5. The van der Waals surface area contributed by atoms with E-state index in [2.05, 4.69) is 0 Å². The number of hydrogen-bond acceptors (Lipinski definition) is 3. The molecule has 3 aromatic carbocycles. The SMILES string of the molecule is O=C(O)Cc1cc(Oc2cccc(OC/C=C/c3ccc(C(F)(F)F)cc3)c2)ccc1C(F)(F)F. The molecule has 184 valence electrons. The summed E-state index contributed by atoms with van der Waals surface area (Å²) in [7, 11) is 0. The van der Waals surface area contributed by atoms with Crippen LogP contribution in [0.2, 0.25) is 0 Å². The Kier molecular flexibility index (Phi) is 7.73. The number of alkyl halides is 6. The van der Waals surface area contributed by atoms with Crippen molar-refractivity contribution in [2.45, 2.75) is 18.8 Å². The summed E-state index contributed by atoms with van der Waals surface area (Å²) in [6.45, 7) is 0.0908. The van der Waals surface area contributed by atoms with Crippen molar-refractivity contribution in [3.8, 4) is 17.2 Å². The van der Waals surface area contributed by atoms with Crippen molar-refractivity contribution in [3.05, 3.63) is 95.1 Å². The smallest absolute Gasteiger partial charge is 0.416 e. The number of ether oxygens (including phenoxy) is 2. The lowest BCUT2D eigenvalue weighted by Gasteiger charge is -2.14. The van der Waals surface area contributed by atoms with Crippen LogP contribution in [-0.4, -0.2) is 17.7 Å². The zero-order valence-corrected chi connectivity index (χ0v) is 17.9. The Morgan fingerprint density at radius 1 is 0.829 bits per heavy atom. The lowest BCUT2D eigenvalue weighted by molar-refractivity contribution is -0.140. The first-order valence-electron chi connectivity index (χ1n) is 10.1. The minimum atomic E-state index is -4.70. The van der Waals surface area contributed by atoms with E-state index in [-0.39, 0.29) is 18.1 Å². The summed E-state index contributed by atoms with van der Waals surface area (Å²) in [6, 6.07) is 13.7. The first-order chi connectivity index (χ1) is 16.4. The van der Waals surface area contributed by atoms with Gasteiger partial charge in [-0.05, 0) is 59.7 Å². The third-order valence-electron chi connectivity index (χ3n) is 4.66. The molecular weight excluding hydrogens is 478 g/mol. The Morgan fingerprint density at radius 2 is 1.49 bits per heavy atom. The molecular formula is C25H18F6O4. The van der Waals surface area contributed by atoms with Gasteiger partial charge in [0, 0.05) is 6.07 Å². The topological polar surface area (TPSA) is 55.8 Å². The van der Waals surface area contributed by atoms with E-state index in [1.54, 1.807) is 30.4 Å². The Hall–Kier alpha value is -3.95. The second-order valence-electron chi connectivity index (χ2n) is 7.30. The van der Waals surface area contributed by atoms with E-state index in [0.717, 1.165) is 30.3 Å². The van der Waals surface area contributed by atoms with Gasteiger partial charge in [0.25, 0.3) is 0 Å². The fourth-order valence-electron chi connectivity index (χ4n) is 3.09. The van der Waals surface area contributed by atoms with Gasteiger partial charge in [-0.1, -0.05) is 24.3 Å². The molecule has 0 aromatic heterocycles. The first kappa shape index (κ1) is 25.7. The van der Waals surface area contributed by atoms with Crippen molar-refractivity contribution in [2.75, 3.05) is 6.61 Å². The fraction of sp³-hybridized carbons (Fsp3) is 0.160. The molecule has 0 saturated heterocycles. The summed E-state index contributed by atoms with van der Waals surface area (Å²) < 4.78 is 88.3. The van der Waals surface area contributed by atoms with Crippen LogP contribution in [0.15, 0.2) is 72.8 Å². The van der Waals surface area contributed by atoms with Gasteiger partial charge in [0.15, 0.2) is 0 Å². The third-order valence-corrected chi connectivity index (χ3v) is 4.66. The van der Waals surface area contributed by atoms with Gasteiger partial charge in [-0.3, -0.25) is 4.79 Å². The monoisotopic (exact) mass is 496 g/mol. The Bertz CT molecular complexity index is 1200. The van der Waals surface area contributed by atoms with Crippen molar-refractivity contribution >= 4 is 12.0 Å². The predicted octanol–water partition coefficient (Wildman–Crippen LogP) is 7.24. The highest BCUT2D eigenvalue weighted by Gasteiger charge is 2.34. The molecule has 0 unspecified atom stereocenters. The van der Waals surface area contributed by atoms with Crippen LogP contribution < -0.4 is 9.47 Å². The number of aliphatic carboxylic acids is 1. The maximum atomic E-state index is 13.1. The van der Waals surface area contributed by atoms with E-state index in [0.29, 0.717) is 11.3 Å². The van der Waals surface area contributed by atoms with Crippen LogP contribution in [0.1, 0.15) is 22.3 Å². The molecule has 0 spiro atoms. The number of halogens is 6. The van der Waals surface area contributed by atoms with Gasteiger partial charge in [-0.15, -0.1) is 0 Å². The highest BCUT2D eigenvalue weighted by Crippen LogP contribution is 2.35. The highest BCUT2D eigenvalue weighted by molar-refractivity contribution is 5.71. The maximum Gasteiger partial charge on any atom is 0.416 e. The van der Waals surface area contributed by atoms with E-state index >= 15 is 0 Å². The number of hydrogen-bond donors (Lipinski definition) is 1. The van der Waals surface area contributed by atoms with Crippen LogP contribution in [0.25, 0.3) is 6.08 Å². The zero-order valence-electron chi connectivity index (χ0n) is 17.9. The minimum absolute atomic E-state index is 0.0219. The molecule has 0 radical (unpaired) electrons. The lowest BCUT2D eigenvalue weighted by Crippen LogP contribution is -2.12. The van der Waals surface area contributed by atoms with Gasteiger partial charge >= 0.3 is 18.3 Å². The number of benzene rings is 3.